The third-order valence-electron chi connectivity index (χ3n) is 5.45. The molecule has 0 heterocycles. The van der Waals surface area contributed by atoms with Crippen LogP contribution >= 0.6 is 11.8 Å². The SMILES string of the molecule is CSCCC(NC(=O)C(N)CCCN=C(N)N)C(=O)NC(CC(C)C)C(=O)NC(CCCCN)C(=O)O. The molecular weight excluding hydrogens is 500 g/mol. The largest absolute Gasteiger partial charge is 0.480 e. The van der Waals surface area contributed by atoms with Gasteiger partial charge in [-0.1, -0.05) is 13.8 Å². The molecule has 0 radical (unpaired) electrons. The van der Waals surface area contributed by atoms with Crippen LogP contribution < -0.4 is 38.9 Å². The highest BCUT2D eigenvalue weighted by Gasteiger charge is 2.30. The van der Waals surface area contributed by atoms with Gasteiger partial charge < -0.3 is 44.0 Å². The minimum Gasteiger partial charge on any atom is -0.480 e. The Balaban J connectivity index is 5.34. The van der Waals surface area contributed by atoms with Crippen LogP contribution in [0.4, 0.5) is 0 Å². The van der Waals surface area contributed by atoms with Crippen LogP contribution in [0.25, 0.3) is 0 Å². The normalized spacial score (nSPS) is 14.2. The van der Waals surface area contributed by atoms with Gasteiger partial charge >= 0.3 is 5.97 Å². The van der Waals surface area contributed by atoms with E-state index in [4.69, 9.17) is 22.9 Å². The van der Waals surface area contributed by atoms with Crippen LogP contribution in [-0.4, -0.2) is 84.0 Å². The predicted molar refractivity (Wildman–Crippen MR) is 147 cm³/mol. The van der Waals surface area contributed by atoms with Crippen LogP contribution in [0.5, 0.6) is 0 Å². The summed E-state index contributed by atoms with van der Waals surface area (Å²) in [6.45, 7) is 4.53. The first-order chi connectivity index (χ1) is 17.4. The van der Waals surface area contributed by atoms with E-state index in [1.807, 2.05) is 20.1 Å². The molecule has 37 heavy (non-hydrogen) atoms. The highest BCUT2D eigenvalue weighted by atomic mass is 32.2. The summed E-state index contributed by atoms with van der Waals surface area (Å²) in [5.74, 6) is -2.20. The molecule has 14 heteroatoms. The summed E-state index contributed by atoms with van der Waals surface area (Å²) in [4.78, 5) is 54.2. The number of nitrogens with zero attached hydrogens (tertiary/aromatic N) is 1. The number of carbonyl (C=O) groups is 4. The number of hydrogen-bond donors (Lipinski definition) is 8. The van der Waals surface area contributed by atoms with E-state index in [0.717, 1.165) is 0 Å². The third-order valence-corrected chi connectivity index (χ3v) is 6.09. The van der Waals surface area contributed by atoms with Gasteiger partial charge in [0.15, 0.2) is 5.96 Å². The van der Waals surface area contributed by atoms with Crippen molar-refractivity contribution in [2.24, 2.45) is 33.8 Å². The summed E-state index contributed by atoms with van der Waals surface area (Å²) in [7, 11) is 0. The molecule has 4 unspecified atom stereocenters. The minimum atomic E-state index is -1.15. The van der Waals surface area contributed by atoms with Crippen molar-refractivity contribution in [1.29, 1.82) is 0 Å². The summed E-state index contributed by atoms with van der Waals surface area (Å²) >= 11 is 1.50. The summed E-state index contributed by atoms with van der Waals surface area (Å²) in [6, 6.07) is -3.83. The van der Waals surface area contributed by atoms with E-state index < -0.39 is 47.9 Å². The number of thioether (sulfide) groups is 1. The molecular formula is C23H46N8O5S. The van der Waals surface area contributed by atoms with Crippen LogP contribution in [-0.2, 0) is 19.2 Å². The number of amides is 3. The molecule has 0 aliphatic heterocycles. The second-order valence-corrected chi connectivity index (χ2v) is 10.3. The van der Waals surface area contributed by atoms with Crippen molar-refractivity contribution in [3.63, 3.8) is 0 Å². The Morgan fingerprint density at radius 3 is 2.00 bits per heavy atom. The van der Waals surface area contributed by atoms with E-state index in [9.17, 15) is 24.3 Å². The Bertz CT molecular complexity index is 749. The van der Waals surface area contributed by atoms with Gasteiger partial charge in [-0.25, -0.2) is 4.79 Å². The number of rotatable bonds is 20. The van der Waals surface area contributed by atoms with Crippen LogP contribution in [0.3, 0.4) is 0 Å². The van der Waals surface area contributed by atoms with Gasteiger partial charge in [-0.05, 0) is 69.4 Å². The number of aliphatic carboxylic acids is 1. The number of nitrogens with two attached hydrogens (primary N) is 4. The van der Waals surface area contributed by atoms with Crippen molar-refractivity contribution in [3.8, 4) is 0 Å². The molecule has 13 nitrogen and oxygen atoms in total. The van der Waals surface area contributed by atoms with Gasteiger partial charge in [0.25, 0.3) is 0 Å². The molecule has 0 aliphatic carbocycles. The zero-order valence-electron chi connectivity index (χ0n) is 22.2. The van der Waals surface area contributed by atoms with E-state index in [0.29, 0.717) is 57.4 Å². The van der Waals surface area contributed by atoms with E-state index in [2.05, 4.69) is 20.9 Å². The van der Waals surface area contributed by atoms with Gasteiger partial charge in [0, 0.05) is 6.54 Å². The quantitative estimate of drug-likeness (QED) is 0.0517. The van der Waals surface area contributed by atoms with Crippen molar-refractivity contribution >= 4 is 41.4 Å². The fraction of sp³-hybridized carbons (Fsp3) is 0.783. The molecule has 4 atom stereocenters. The molecule has 12 N–H and O–H groups in total. The van der Waals surface area contributed by atoms with Crippen molar-refractivity contribution in [1.82, 2.24) is 16.0 Å². The molecule has 0 spiro atoms. The van der Waals surface area contributed by atoms with Crippen molar-refractivity contribution in [3.05, 3.63) is 0 Å². The van der Waals surface area contributed by atoms with Gasteiger partial charge in [0.05, 0.1) is 6.04 Å². The third kappa shape index (κ3) is 16.0. The maximum absolute atomic E-state index is 13.1. The fourth-order valence-corrected chi connectivity index (χ4v) is 3.90. The lowest BCUT2D eigenvalue weighted by molar-refractivity contribution is -0.142. The van der Waals surface area contributed by atoms with Crippen LogP contribution in [0.2, 0.25) is 0 Å². The van der Waals surface area contributed by atoms with E-state index in [1.54, 1.807) is 0 Å². The Labute approximate surface area is 223 Å². The lowest BCUT2D eigenvalue weighted by atomic mass is 10.0. The topological polar surface area (TPSA) is 241 Å². The maximum atomic E-state index is 13.1. The van der Waals surface area contributed by atoms with Crippen molar-refractivity contribution in [2.45, 2.75) is 83.0 Å². The second-order valence-electron chi connectivity index (χ2n) is 9.27. The smallest absolute Gasteiger partial charge is 0.326 e. The lowest BCUT2D eigenvalue weighted by Gasteiger charge is -2.26. The average molecular weight is 547 g/mol. The van der Waals surface area contributed by atoms with Gasteiger partial charge in [0.2, 0.25) is 17.7 Å². The molecule has 3 amide bonds. The first-order valence-electron chi connectivity index (χ1n) is 12.6. The monoisotopic (exact) mass is 546 g/mol. The van der Waals surface area contributed by atoms with Gasteiger partial charge in [-0.15, -0.1) is 0 Å². The summed E-state index contributed by atoms with van der Waals surface area (Å²) in [6.07, 6.45) is 4.71. The number of carbonyl (C=O) groups excluding carboxylic acids is 3. The molecule has 0 aromatic rings. The fourth-order valence-electron chi connectivity index (χ4n) is 3.43. The number of carboxylic acids is 1. The second kappa shape index (κ2) is 19.5. The number of unbranched alkanes of at least 4 members (excludes halogenated alkanes) is 1. The van der Waals surface area contributed by atoms with E-state index in [-0.39, 0.29) is 18.3 Å². The standard InChI is InChI=1S/C23H46N8O5S/c1-14(2)13-18(21(34)30-17(22(35)36)8-4-5-10-24)31-20(33)16(9-12-37-3)29-19(32)15(25)7-6-11-28-23(26)27/h14-18H,4-13,24-25H2,1-3H3,(H,29,32)(H,30,34)(H,31,33)(H,35,36)(H4,26,27,28). The van der Waals surface area contributed by atoms with Crippen molar-refractivity contribution < 1.29 is 24.3 Å². The molecule has 0 saturated heterocycles. The predicted octanol–water partition coefficient (Wildman–Crippen LogP) is -1.17. The minimum absolute atomic E-state index is 0.0365. The summed E-state index contributed by atoms with van der Waals surface area (Å²) < 4.78 is 0. The molecule has 0 rings (SSSR count). The average Bonchev–Trinajstić information content (AvgIpc) is 2.82. The lowest BCUT2D eigenvalue weighted by Crippen LogP contribution is -2.57. The Morgan fingerprint density at radius 2 is 1.46 bits per heavy atom. The molecule has 214 valence electrons. The first-order valence-corrected chi connectivity index (χ1v) is 14.0. The zero-order chi connectivity index (χ0) is 28.4. The number of hydrogen-bond acceptors (Lipinski definition) is 8. The number of carboxylic acid groups (broad SMARTS) is 1. The Hall–Kier alpha value is -2.58. The molecule has 0 aliphatic rings. The molecule has 0 aromatic carbocycles. The number of aliphatic imine (C=N–C) groups is 1. The highest BCUT2D eigenvalue weighted by Crippen LogP contribution is 2.09. The zero-order valence-corrected chi connectivity index (χ0v) is 23.0. The first kappa shape index (κ1) is 34.4. The van der Waals surface area contributed by atoms with Crippen molar-refractivity contribution in [2.75, 3.05) is 25.1 Å². The summed E-state index contributed by atoms with van der Waals surface area (Å²) in [5.41, 5.74) is 22.0. The highest BCUT2D eigenvalue weighted by molar-refractivity contribution is 7.98. The van der Waals surface area contributed by atoms with Gasteiger partial charge in [0.1, 0.15) is 18.1 Å². The molecule has 0 bridgehead atoms. The van der Waals surface area contributed by atoms with Gasteiger partial charge in [-0.3, -0.25) is 19.4 Å². The van der Waals surface area contributed by atoms with E-state index >= 15 is 0 Å². The molecule has 0 aromatic heterocycles. The van der Waals surface area contributed by atoms with Crippen LogP contribution in [0, 0.1) is 5.92 Å². The molecule has 0 saturated carbocycles. The van der Waals surface area contributed by atoms with Gasteiger partial charge in [-0.2, -0.15) is 11.8 Å². The van der Waals surface area contributed by atoms with Crippen LogP contribution in [0.1, 0.15) is 58.8 Å². The number of nitrogens with one attached hydrogen (secondary N) is 3. The van der Waals surface area contributed by atoms with Crippen LogP contribution in [0.15, 0.2) is 4.99 Å². The maximum Gasteiger partial charge on any atom is 0.326 e. The summed E-state index contributed by atoms with van der Waals surface area (Å²) in [5, 5.41) is 17.4. The molecule has 0 fully saturated rings. The Morgan fingerprint density at radius 1 is 0.865 bits per heavy atom. The Kier molecular flexibility index (Phi) is 18.2. The van der Waals surface area contributed by atoms with E-state index in [1.165, 1.54) is 11.8 Å². The number of guanidine groups is 1.